The molecule has 0 aliphatic carbocycles. The van der Waals surface area contributed by atoms with Crippen LogP contribution in [0.2, 0.25) is 0 Å². The molecule has 222 valence electrons. The fraction of sp³-hybridized carbons (Fsp3) is 0.733. The van der Waals surface area contributed by atoms with E-state index in [1.807, 2.05) is 31.2 Å². The molecule has 1 saturated heterocycles. The zero-order valence-electron chi connectivity index (χ0n) is 25.3. The van der Waals surface area contributed by atoms with Crippen LogP contribution in [-0.4, -0.2) is 77.9 Å². The summed E-state index contributed by atoms with van der Waals surface area (Å²) in [5, 5.41) is 14.5. The number of carbonyl (C=O) groups is 2. The van der Waals surface area contributed by atoms with Gasteiger partial charge in [-0.25, -0.2) is 4.79 Å². The molecule has 0 saturated carbocycles. The third kappa shape index (κ3) is 11.0. The quantitative estimate of drug-likeness (QED) is 0.385. The number of nitrogens with one attached hydrogen (secondary N) is 1. The number of benzene rings is 1. The van der Waals surface area contributed by atoms with E-state index in [1.165, 1.54) is 11.8 Å². The Kier molecular flexibility index (Phi) is 12.1. The molecule has 1 aromatic carbocycles. The second-order valence-corrected chi connectivity index (χ2v) is 12.6. The van der Waals surface area contributed by atoms with Crippen molar-refractivity contribution in [3.05, 3.63) is 29.8 Å². The molecule has 1 aromatic rings. The molecule has 0 aromatic heterocycles. The van der Waals surface area contributed by atoms with Crippen molar-refractivity contribution in [3.63, 3.8) is 0 Å². The molecule has 1 heterocycles. The molecule has 1 aliphatic rings. The summed E-state index contributed by atoms with van der Waals surface area (Å²) in [7, 11) is 0. The van der Waals surface area contributed by atoms with E-state index in [9.17, 15) is 14.7 Å². The Hall–Kier alpha value is -2.36. The fourth-order valence-electron chi connectivity index (χ4n) is 4.34. The highest BCUT2D eigenvalue weighted by atomic mass is 16.7. The Balaban J connectivity index is 2.27. The highest BCUT2D eigenvalue weighted by Gasteiger charge is 2.46. The van der Waals surface area contributed by atoms with Gasteiger partial charge in [-0.15, -0.1) is 0 Å². The van der Waals surface area contributed by atoms with Crippen molar-refractivity contribution in [1.82, 2.24) is 10.2 Å². The standard InChI is InChI=1S/C30H50N2O7/c1-10-11-16-36-23-14-12-22(13-15-23)17-24(31-21(3)33)26(34)25-18-37-27(38-19-29(4,5)6)20(2)32(25)28(35)39-30(7,8)9/h12-15,20,24-27,34H,10-11,16-19H2,1-9H3,(H,31,33)/t20-,24-,25+,26-,27-/m0/s1. The van der Waals surface area contributed by atoms with Crippen LogP contribution in [0.5, 0.6) is 5.75 Å². The number of hydrogen-bond donors (Lipinski definition) is 2. The zero-order chi connectivity index (χ0) is 29.4. The summed E-state index contributed by atoms with van der Waals surface area (Å²) >= 11 is 0. The summed E-state index contributed by atoms with van der Waals surface area (Å²) in [4.78, 5) is 27.1. The predicted octanol–water partition coefficient (Wildman–Crippen LogP) is 4.69. The maximum Gasteiger partial charge on any atom is 0.411 e. The average molecular weight is 551 g/mol. The van der Waals surface area contributed by atoms with Gasteiger partial charge in [-0.2, -0.15) is 0 Å². The molecule has 0 unspecified atom stereocenters. The van der Waals surface area contributed by atoms with Crippen LogP contribution in [0, 0.1) is 5.41 Å². The Morgan fingerprint density at radius 2 is 1.79 bits per heavy atom. The zero-order valence-corrected chi connectivity index (χ0v) is 25.3. The number of amides is 2. The average Bonchev–Trinajstić information content (AvgIpc) is 2.81. The number of unbranched alkanes of at least 4 members (excludes halogenated alkanes) is 1. The normalized spacial score (nSPS) is 21.7. The van der Waals surface area contributed by atoms with Crippen LogP contribution in [-0.2, 0) is 25.4 Å². The van der Waals surface area contributed by atoms with Crippen LogP contribution in [0.4, 0.5) is 4.79 Å². The highest BCUT2D eigenvalue weighted by molar-refractivity contribution is 5.73. The molecule has 1 aliphatic heterocycles. The SMILES string of the molecule is CCCCOc1ccc(C[C@H](NC(C)=O)[C@H](O)[C@H]2CO[C@@H](OCC(C)(C)C)[C@H](C)N2C(=O)OC(C)(C)C)cc1. The second kappa shape index (κ2) is 14.3. The number of aliphatic hydroxyl groups excluding tert-OH is 1. The summed E-state index contributed by atoms with van der Waals surface area (Å²) in [5.74, 6) is 0.495. The van der Waals surface area contributed by atoms with Gasteiger partial charge in [0.25, 0.3) is 0 Å². The van der Waals surface area contributed by atoms with Gasteiger partial charge in [0.2, 0.25) is 5.91 Å². The lowest BCUT2D eigenvalue weighted by molar-refractivity contribution is -0.233. The van der Waals surface area contributed by atoms with Crippen molar-refractivity contribution in [2.45, 2.75) is 118 Å². The number of rotatable bonds is 11. The molecule has 0 spiro atoms. The Bertz CT molecular complexity index is 907. The van der Waals surface area contributed by atoms with E-state index in [0.717, 1.165) is 24.2 Å². The number of carbonyl (C=O) groups excluding carboxylic acids is 2. The van der Waals surface area contributed by atoms with Gasteiger partial charge in [0.15, 0.2) is 6.29 Å². The van der Waals surface area contributed by atoms with E-state index in [2.05, 4.69) is 33.0 Å². The van der Waals surface area contributed by atoms with E-state index >= 15 is 0 Å². The van der Waals surface area contributed by atoms with Crippen LogP contribution < -0.4 is 10.1 Å². The van der Waals surface area contributed by atoms with Gasteiger partial charge in [0.1, 0.15) is 11.4 Å². The van der Waals surface area contributed by atoms with Crippen LogP contribution >= 0.6 is 0 Å². The molecule has 2 rings (SSSR count). The maximum absolute atomic E-state index is 13.4. The Labute approximate surface area is 234 Å². The molecule has 1 fully saturated rings. The Morgan fingerprint density at radius 1 is 1.15 bits per heavy atom. The topological polar surface area (TPSA) is 107 Å². The van der Waals surface area contributed by atoms with E-state index < -0.39 is 42.2 Å². The molecule has 0 radical (unpaired) electrons. The van der Waals surface area contributed by atoms with Crippen LogP contribution in [0.25, 0.3) is 0 Å². The number of nitrogens with zero attached hydrogens (tertiary/aromatic N) is 1. The fourth-order valence-corrected chi connectivity index (χ4v) is 4.34. The van der Waals surface area contributed by atoms with Crippen molar-refractivity contribution >= 4 is 12.0 Å². The summed E-state index contributed by atoms with van der Waals surface area (Å²) in [5.41, 5.74) is 0.0869. The molecule has 9 nitrogen and oxygen atoms in total. The molecule has 0 bridgehead atoms. The van der Waals surface area contributed by atoms with Crippen LogP contribution in [0.15, 0.2) is 24.3 Å². The lowest BCUT2D eigenvalue weighted by Crippen LogP contribution is -2.66. The summed E-state index contributed by atoms with van der Waals surface area (Å²) in [6.07, 6.45) is 0.0140. The smallest absolute Gasteiger partial charge is 0.411 e. The van der Waals surface area contributed by atoms with E-state index in [0.29, 0.717) is 19.6 Å². The number of morpholine rings is 1. The predicted molar refractivity (Wildman–Crippen MR) is 151 cm³/mol. The minimum atomic E-state index is -1.13. The first kappa shape index (κ1) is 32.8. The minimum absolute atomic E-state index is 0.0276. The maximum atomic E-state index is 13.4. The number of ether oxygens (including phenoxy) is 4. The number of hydrogen-bond acceptors (Lipinski definition) is 7. The van der Waals surface area contributed by atoms with E-state index in [1.54, 1.807) is 20.8 Å². The monoisotopic (exact) mass is 550 g/mol. The van der Waals surface area contributed by atoms with Gasteiger partial charge in [0.05, 0.1) is 44.1 Å². The van der Waals surface area contributed by atoms with Gasteiger partial charge in [-0.05, 0) is 63.6 Å². The van der Waals surface area contributed by atoms with Crippen molar-refractivity contribution in [2.24, 2.45) is 5.41 Å². The van der Waals surface area contributed by atoms with Gasteiger partial charge in [0, 0.05) is 6.92 Å². The van der Waals surface area contributed by atoms with E-state index in [4.69, 9.17) is 18.9 Å². The molecular formula is C30H50N2O7. The molecule has 9 heteroatoms. The Morgan fingerprint density at radius 3 is 2.33 bits per heavy atom. The molecule has 2 amide bonds. The molecular weight excluding hydrogens is 500 g/mol. The van der Waals surface area contributed by atoms with Crippen molar-refractivity contribution in [2.75, 3.05) is 19.8 Å². The number of aliphatic hydroxyl groups is 1. The van der Waals surface area contributed by atoms with Crippen molar-refractivity contribution < 1.29 is 33.6 Å². The summed E-state index contributed by atoms with van der Waals surface area (Å²) in [6, 6.07) is 5.64. The summed E-state index contributed by atoms with van der Waals surface area (Å²) in [6.45, 7) is 18.0. The molecule has 2 N–H and O–H groups in total. The first-order valence-electron chi connectivity index (χ1n) is 14.0. The van der Waals surface area contributed by atoms with Gasteiger partial charge >= 0.3 is 6.09 Å². The third-order valence-corrected chi connectivity index (χ3v) is 6.25. The minimum Gasteiger partial charge on any atom is -0.494 e. The van der Waals surface area contributed by atoms with Crippen LogP contribution in [0.3, 0.4) is 0 Å². The molecule has 39 heavy (non-hydrogen) atoms. The van der Waals surface area contributed by atoms with Crippen molar-refractivity contribution in [3.8, 4) is 5.75 Å². The van der Waals surface area contributed by atoms with Crippen molar-refractivity contribution in [1.29, 1.82) is 0 Å². The highest BCUT2D eigenvalue weighted by Crippen LogP contribution is 2.28. The van der Waals surface area contributed by atoms with Gasteiger partial charge < -0.3 is 29.4 Å². The first-order chi connectivity index (χ1) is 18.1. The summed E-state index contributed by atoms with van der Waals surface area (Å²) < 4.78 is 23.5. The largest absolute Gasteiger partial charge is 0.494 e. The lowest BCUT2D eigenvalue weighted by Gasteiger charge is -2.47. The van der Waals surface area contributed by atoms with Gasteiger partial charge in [-0.1, -0.05) is 46.2 Å². The second-order valence-electron chi connectivity index (χ2n) is 12.6. The molecule has 5 atom stereocenters. The van der Waals surface area contributed by atoms with E-state index in [-0.39, 0.29) is 17.9 Å². The third-order valence-electron chi connectivity index (χ3n) is 6.25. The first-order valence-corrected chi connectivity index (χ1v) is 14.0. The lowest BCUT2D eigenvalue weighted by atomic mass is 9.94. The van der Waals surface area contributed by atoms with Gasteiger partial charge in [-0.3, -0.25) is 9.69 Å². The van der Waals surface area contributed by atoms with Crippen LogP contribution in [0.1, 0.15) is 80.7 Å².